The maximum Gasteiger partial charge on any atom is 0.186 e. The van der Waals surface area contributed by atoms with Crippen molar-refractivity contribution < 1.29 is 23.7 Å². The maximum absolute atomic E-state index is 6.02. The quantitative estimate of drug-likeness (QED) is 0.803. The van der Waals surface area contributed by atoms with Gasteiger partial charge in [-0.05, 0) is 12.5 Å². The summed E-state index contributed by atoms with van der Waals surface area (Å²) in [4.78, 5) is 0. The Bertz CT molecular complexity index is 410. The molecule has 0 amide bonds. The fourth-order valence-corrected chi connectivity index (χ4v) is 2.68. The molecule has 1 aliphatic heterocycles. The normalized spacial score (nSPS) is 33.0. The summed E-state index contributed by atoms with van der Waals surface area (Å²) in [5.74, 6) is 0. The third kappa shape index (κ3) is 3.81. The molecular weight excluding hydrogens is 272 g/mol. The fourth-order valence-electron chi connectivity index (χ4n) is 2.68. The van der Waals surface area contributed by atoms with Crippen molar-refractivity contribution in [3.8, 4) is 0 Å². The molecule has 0 radical (unpaired) electrons. The van der Waals surface area contributed by atoms with E-state index >= 15 is 0 Å². The molecule has 0 aliphatic carbocycles. The van der Waals surface area contributed by atoms with E-state index in [-0.39, 0.29) is 24.4 Å². The summed E-state index contributed by atoms with van der Waals surface area (Å²) in [7, 11) is 4.87. The predicted octanol–water partition coefficient (Wildman–Crippen LogP) is 1.99. The van der Waals surface area contributed by atoms with Gasteiger partial charge in [0.25, 0.3) is 0 Å². The van der Waals surface area contributed by atoms with Crippen LogP contribution in [0.5, 0.6) is 0 Å². The van der Waals surface area contributed by atoms with Crippen molar-refractivity contribution in [2.24, 2.45) is 0 Å². The molecule has 0 aromatic heterocycles. The third-order valence-corrected chi connectivity index (χ3v) is 3.79. The summed E-state index contributed by atoms with van der Waals surface area (Å²) in [6.07, 6.45) is -1.38. The van der Waals surface area contributed by atoms with Crippen LogP contribution in [0.4, 0.5) is 0 Å². The van der Waals surface area contributed by atoms with Crippen molar-refractivity contribution in [3.63, 3.8) is 0 Å². The lowest BCUT2D eigenvalue weighted by Crippen LogP contribution is -2.59. The number of hydrogen-bond donors (Lipinski definition) is 0. The van der Waals surface area contributed by atoms with Crippen LogP contribution in [0.1, 0.15) is 12.5 Å². The number of hydrogen-bond acceptors (Lipinski definition) is 5. The van der Waals surface area contributed by atoms with Crippen LogP contribution in [-0.2, 0) is 30.3 Å². The first kappa shape index (κ1) is 16.4. The number of rotatable bonds is 6. The van der Waals surface area contributed by atoms with E-state index in [0.29, 0.717) is 6.61 Å². The van der Waals surface area contributed by atoms with E-state index in [1.54, 1.807) is 21.3 Å². The van der Waals surface area contributed by atoms with E-state index in [1.807, 2.05) is 37.3 Å². The van der Waals surface area contributed by atoms with E-state index in [4.69, 9.17) is 23.7 Å². The Hall–Kier alpha value is -0.980. The van der Waals surface area contributed by atoms with E-state index in [2.05, 4.69) is 0 Å². The second-order valence-electron chi connectivity index (χ2n) is 5.11. The summed E-state index contributed by atoms with van der Waals surface area (Å²) in [6.45, 7) is 2.47. The first-order valence-corrected chi connectivity index (χ1v) is 7.10. The number of methoxy groups -OCH3 is 3. The Morgan fingerprint density at radius 2 is 1.57 bits per heavy atom. The molecule has 0 bridgehead atoms. The van der Waals surface area contributed by atoms with Crippen LogP contribution in [-0.4, -0.2) is 52.0 Å². The van der Waals surface area contributed by atoms with Gasteiger partial charge in [0.05, 0.1) is 12.7 Å². The lowest BCUT2D eigenvalue weighted by atomic mass is 9.99. The molecule has 1 fully saturated rings. The Labute approximate surface area is 126 Å². The molecule has 1 aromatic rings. The van der Waals surface area contributed by atoms with Crippen molar-refractivity contribution in [3.05, 3.63) is 35.9 Å². The van der Waals surface area contributed by atoms with Gasteiger partial charge in [-0.2, -0.15) is 0 Å². The molecule has 21 heavy (non-hydrogen) atoms. The van der Waals surface area contributed by atoms with Crippen LogP contribution < -0.4 is 0 Å². The highest BCUT2D eigenvalue weighted by Crippen LogP contribution is 2.28. The lowest BCUT2D eigenvalue weighted by molar-refractivity contribution is -0.303. The Morgan fingerprint density at radius 1 is 0.905 bits per heavy atom. The van der Waals surface area contributed by atoms with Gasteiger partial charge in [-0.1, -0.05) is 30.3 Å². The zero-order valence-corrected chi connectivity index (χ0v) is 13.0. The van der Waals surface area contributed by atoms with Crippen LogP contribution >= 0.6 is 0 Å². The van der Waals surface area contributed by atoms with Crippen molar-refractivity contribution in [1.29, 1.82) is 0 Å². The molecule has 0 N–H and O–H groups in total. The van der Waals surface area contributed by atoms with Gasteiger partial charge in [-0.3, -0.25) is 0 Å². The average molecular weight is 296 g/mol. The van der Waals surface area contributed by atoms with Gasteiger partial charge in [-0.15, -0.1) is 0 Å². The summed E-state index contributed by atoms with van der Waals surface area (Å²) >= 11 is 0. The van der Waals surface area contributed by atoms with Crippen LogP contribution in [0, 0.1) is 0 Å². The number of ether oxygens (including phenoxy) is 5. The zero-order valence-electron chi connectivity index (χ0n) is 13.0. The first-order valence-electron chi connectivity index (χ1n) is 7.10. The average Bonchev–Trinajstić information content (AvgIpc) is 2.53. The van der Waals surface area contributed by atoms with Gasteiger partial charge >= 0.3 is 0 Å². The molecule has 1 heterocycles. The van der Waals surface area contributed by atoms with Gasteiger partial charge < -0.3 is 23.7 Å². The highest BCUT2D eigenvalue weighted by atomic mass is 16.7. The largest absolute Gasteiger partial charge is 0.376 e. The van der Waals surface area contributed by atoms with Gasteiger partial charge in [-0.25, -0.2) is 0 Å². The highest BCUT2D eigenvalue weighted by Gasteiger charge is 2.45. The molecule has 0 unspecified atom stereocenters. The first-order chi connectivity index (χ1) is 10.2. The minimum Gasteiger partial charge on any atom is -0.376 e. The molecule has 1 aromatic carbocycles. The van der Waals surface area contributed by atoms with Crippen LogP contribution in [0.3, 0.4) is 0 Å². The molecule has 118 valence electrons. The van der Waals surface area contributed by atoms with Crippen LogP contribution in [0.15, 0.2) is 30.3 Å². The van der Waals surface area contributed by atoms with Crippen molar-refractivity contribution in [2.75, 3.05) is 21.3 Å². The number of benzene rings is 1. The van der Waals surface area contributed by atoms with E-state index in [0.717, 1.165) is 5.56 Å². The Balaban J connectivity index is 2.05. The van der Waals surface area contributed by atoms with Gasteiger partial charge in [0, 0.05) is 21.3 Å². The van der Waals surface area contributed by atoms with Crippen molar-refractivity contribution in [2.45, 2.75) is 44.2 Å². The fraction of sp³-hybridized carbons (Fsp3) is 0.625. The molecule has 2 rings (SSSR count). The smallest absolute Gasteiger partial charge is 0.186 e. The second-order valence-corrected chi connectivity index (χ2v) is 5.11. The van der Waals surface area contributed by atoms with E-state index in [1.165, 1.54) is 0 Å². The summed E-state index contributed by atoms with van der Waals surface area (Å²) in [6, 6.07) is 10.0. The lowest BCUT2D eigenvalue weighted by Gasteiger charge is -2.43. The predicted molar refractivity (Wildman–Crippen MR) is 78.0 cm³/mol. The van der Waals surface area contributed by atoms with Crippen LogP contribution in [0.25, 0.3) is 0 Å². The zero-order chi connectivity index (χ0) is 15.2. The minimum absolute atomic E-state index is 0.144. The molecule has 0 spiro atoms. The molecule has 1 saturated heterocycles. The Kier molecular flexibility index (Phi) is 6.14. The highest BCUT2D eigenvalue weighted by molar-refractivity contribution is 5.13. The monoisotopic (exact) mass is 296 g/mol. The molecular formula is C16H24O5. The van der Waals surface area contributed by atoms with Gasteiger partial charge in [0.15, 0.2) is 6.29 Å². The topological polar surface area (TPSA) is 46.2 Å². The van der Waals surface area contributed by atoms with Gasteiger partial charge in [0.2, 0.25) is 0 Å². The molecule has 5 nitrogen and oxygen atoms in total. The second kappa shape index (κ2) is 7.87. The van der Waals surface area contributed by atoms with E-state index in [9.17, 15) is 0 Å². The molecule has 0 saturated carbocycles. The third-order valence-electron chi connectivity index (χ3n) is 3.79. The van der Waals surface area contributed by atoms with Crippen molar-refractivity contribution >= 4 is 0 Å². The molecule has 5 heteroatoms. The van der Waals surface area contributed by atoms with E-state index < -0.39 is 6.29 Å². The maximum atomic E-state index is 6.02. The van der Waals surface area contributed by atoms with Gasteiger partial charge in [0.1, 0.15) is 18.3 Å². The summed E-state index contributed by atoms with van der Waals surface area (Å²) in [5, 5.41) is 0. The van der Waals surface area contributed by atoms with Crippen LogP contribution in [0.2, 0.25) is 0 Å². The van der Waals surface area contributed by atoms with Crippen molar-refractivity contribution in [1.82, 2.24) is 0 Å². The molecule has 1 aliphatic rings. The SMILES string of the molecule is CO[C@H]1O[C@H](C)[C@@H](OCc2ccccc2)[C@H](OC)[C@H]1OC. The standard InChI is InChI=1S/C16H24O5/c1-11-13(20-10-12-8-6-5-7-9-12)14(17-2)15(18-3)16(19-4)21-11/h5-9,11,13-16H,10H2,1-4H3/t11-,13-,14+,15-,16+/m1/s1. The Morgan fingerprint density at radius 3 is 2.14 bits per heavy atom. The summed E-state index contributed by atoms with van der Waals surface area (Å²) in [5.41, 5.74) is 1.11. The minimum atomic E-state index is -0.452. The molecule has 5 atom stereocenters. The summed E-state index contributed by atoms with van der Waals surface area (Å²) < 4.78 is 28.2.